The quantitative estimate of drug-likeness (QED) is 0.582. The van der Waals surface area contributed by atoms with Crippen molar-refractivity contribution >= 4 is 23.5 Å². The van der Waals surface area contributed by atoms with Crippen LogP contribution in [0, 0.1) is 11.8 Å². The van der Waals surface area contributed by atoms with E-state index >= 15 is 0 Å². The predicted molar refractivity (Wildman–Crippen MR) is 99.9 cm³/mol. The molecule has 0 bridgehead atoms. The van der Waals surface area contributed by atoms with Gasteiger partial charge >= 0.3 is 5.97 Å². The van der Waals surface area contributed by atoms with E-state index in [0.29, 0.717) is 25.7 Å². The minimum atomic E-state index is -0.732. The van der Waals surface area contributed by atoms with Crippen LogP contribution in [0.15, 0.2) is 59.5 Å². The van der Waals surface area contributed by atoms with Gasteiger partial charge in [-0.05, 0) is 37.3 Å². The van der Waals surface area contributed by atoms with Crippen LogP contribution in [0.4, 0.5) is 0 Å². The zero-order chi connectivity index (χ0) is 17.6. The average molecular weight is 354 g/mol. The maximum Gasteiger partial charge on any atom is 0.306 e. The highest BCUT2D eigenvalue weighted by molar-refractivity contribution is 7.98. The number of hydrogen-bond acceptors (Lipinski definition) is 3. The Labute approximate surface area is 152 Å². The summed E-state index contributed by atoms with van der Waals surface area (Å²) in [7, 11) is 0. The summed E-state index contributed by atoms with van der Waals surface area (Å²) in [5, 5.41) is 9.11. The summed E-state index contributed by atoms with van der Waals surface area (Å²) in [5.41, 5.74) is 2.01. The van der Waals surface area contributed by atoms with Crippen LogP contribution in [0.5, 0.6) is 0 Å². The van der Waals surface area contributed by atoms with Crippen molar-refractivity contribution in [2.45, 2.75) is 36.3 Å². The molecular weight excluding hydrogens is 332 g/mol. The fourth-order valence-electron chi connectivity index (χ4n) is 3.35. The van der Waals surface area contributed by atoms with Gasteiger partial charge in [0.2, 0.25) is 0 Å². The Kier molecular flexibility index (Phi) is 5.92. The summed E-state index contributed by atoms with van der Waals surface area (Å²) >= 11 is 1.68. The number of benzene rings is 2. The SMILES string of the molecule is O=C(O)C1CCC(C(=O)c2ccccc2SCc2ccccc2)CC1. The molecule has 4 heteroatoms. The average Bonchev–Trinajstić information content (AvgIpc) is 2.67. The molecule has 0 aliphatic heterocycles. The van der Waals surface area contributed by atoms with E-state index in [1.54, 1.807) is 11.8 Å². The Bertz CT molecular complexity index is 734. The summed E-state index contributed by atoms with van der Waals surface area (Å²) in [4.78, 5) is 25.0. The lowest BCUT2D eigenvalue weighted by Gasteiger charge is -2.25. The Hall–Kier alpha value is -2.07. The number of carboxylic acid groups (broad SMARTS) is 1. The molecule has 0 radical (unpaired) electrons. The van der Waals surface area contributed by atoms with Gasteiger partial charge in [-0.3, -0.25) is 9.59 Å². The van der Waals surface area contributed by atoms with E-state index in [1.807, 2.05) is 42.5 Å². The van der Waals surface area contributed by atoms with Crippen LogP contribution >= 0.6 is 11.8 Å². The number of aliphatic carboxylic acids is 1. The fraction of sp³-hybridized carbons (Fsp3) is 0.333. The lowest BCUT2D eigenvalue weighted by atomic mass is 9.78. The first kappa shape index (κ1) is 17.7. The summed E-state index contributed by atoms with van der Waals surface area (Å²) in [6.45, 7) is 0. The van der Waals surface area contributed by atoms with Crippen LogP contribution in [0.2, 0.25) is 0 Å². The molecule has 3 rings (SSSR count). The minimum Gasteiger partial charge on any atom is -0.481 e. The van der Waals surface area contributed by atoms with Gasteiger partial charge in [0, 0.05) is 22.1 Å². The largest absolute Gasteiger partial charge is 0.481 e. The van der Waals surface area contributed by atoms with Crippen LogP contribution in [0.25, 0.3) is 0 Å². The summed E-state index contributed by atoms with van der Waals surface area (Å²) in [6, 6.07) is 18.0. The Morgan fingerprint density at radius 2 is 1.48 bits per heavy atom. The number of hydrogen-bond donors (Lipinski definition) is 1. The van der Waals surface area contributed by atoms with Crippen LogP contribution in [-0.2, 0) is 10.5 Å². The van der Waals surface area contributed by atoms with Crippen molar-refractivity contribution in [2.24, 2.45) is 11.8 Å². The Balaban J connectivity index is 1.68. The number of carbonyl (C=O) groups is 2. The molecule has 0 amide bonds. The van der Waals surface area contributed by atoms with Crippen molar-refractivity contribution in [1.82, 2.24) is 0 Å². The van der Waals surface area contributed by atoms with Crippen molar-refractivity contribution in [2.75, 3.05) is 0 Å². The standard InChI is InChI=1S/C21H22O3S/c22-20(16-10-12-17(13-11-16)21(23)24)18-8-4-5-9-19(18)25-14-15-6-2-1-3-7-15/h1-9,16-17H,10-14H2,(H,23,24). The zero-order valence-corrected chi connectivity index (χ0v) is 14.9. The molecule has 25 heavy (non-hydrogen) atoms. The predicted octanol–water partition coefficient (Wildman–Crippen LogP) is 5.05. The van der Waals surface area contributed by atoms with Gasteiger partial charge in [0.05, 0.1) is 5.92 Å². The van der Waals surface area contributed by atoms with Gasteiger partial charge in [-0.1, -0.05) is 48.5 Å². The van der Waals surface area contributed by atoms with Crippen LogP contribution in [0.1, 0.15) is 41.6 Å². The molecule has 0 atom stereocenters. The minimum absolute atomic E-state index is 0.0472. The monoisotopic (exact) mass is 354 g/mol. The summed E-state index contributed by atoms with van der Waals surface area (Å²) < 4.78 is 0. The maximum atomic E-state index is 12.9. The molecule has 130 valence electrons. The van der Waals surface area contributed by atoms with Crippen molar-refractivity contribution in [3.8, 4) is 0 Å². The number of carbonyl (C=O) groups excluding carboxylic acids is 1. The molecule has 1 aliphatic rings. The van der Waals surface area contributed by atoms with Crippen LogP contribution in [0.3, 0.4) is 0 Å². The molecular formula is C21H22O3S. The third-order valence-corrected chi connectivity index (χ3v) is 5.98. The van der Waals surface area contributed by atoms with E-state index in [0.717, 1.165) is 16.2 Å². The first-order valence-corrected chi connectivity index (χ1v) is 9.66. The molecule has 2 aromatic carbocycles. The van der Waals surface area contributed by atoms with Crippen molar-refractivity contribution < 1.29 is 14.7 Å². The highest BCUT2D eigenvalue weighted by atomic mass is 32.2. The first-order valence-electron chi connectivity index (χ1n) is 8.68. The van der Waals surface area contributed by atoms with Gasteiger partial charge in [-0.25, -0.2) is 0 Å². The normalized spacial score (nSPS) is 20.2. The number of thioether (sulfide) groups is 1. The van der Waals surface area contributed by atoms with Gasteiger partial charge < -0.3 is 5.11 Å². The molecule has 1 aliphatic carbocycles. The molecule has 0 unspecified atom stereocenters. The molecule has 2 aromatic rings. The number of Topliss-reactive ketones (excluding diaryl/α,β-unsaturated/α-hetero) is 1. The van der Waals surface area contributed by atoms with E-state index in [9.17, 15) is 9.59 Å². The number of ketones is 1. The van der Waals surface area contributed by atoms with E-state index in [-0.39, 0.29) is 17.6 Å². The first-order chi connectivity index (χ1) is 12.1. The summed E-state index contributed by atoms with van der Waals surface area (Å²) in [5.74, 6) is -0.0674. The number of rotatable bonds is 6. The van der Waals surface area contributed by atoms with Gasteiger partial charge in [-0.15, -0.1) is 11.8 Å². The Morgan fingerprint density at radius 3 is 2.16 bits per heavy atom. The van der Waals surface area contributed by atoms with Gasteiger partial charge in [0.25, 0.3) is 0 Å². The highest BCUT2D eigenvalue weighted by Crippen LogP contribution is 2.34. The topological polar surface area (TPSA) is 54.4 Å². The molecule has 3 nitrogen and oxygen atoms in total. The fourth-order valence-corrected chi connectivity index (χ4v) is 4.37. The van der Waals surface area contributed by atoms with E-state index in [2.05, 4.69) is 12.1 Å². The second-order valence-electron chi connectivity index (χ2n) is 6.52. The third kappa shape index (κ3) is 4.51. The van der Waals surface area contributed by atoms with Crippen LogP contribution in [-0.4, -0.2) is 16.9 Å². The molecule has 1 N–H and O–H groups in total. The van der Waals surface area contributed by atoms with Crippen molar-refractivity contribution in [1.29, 1.82) is 0 Å². The molecule has 0 heterocycles. The highest BCUT2D eigenvalue weighted by Gasteiger charge is 2.30. The number of carboxylic acids is 1. The van der Waals surface area contributed by atoms with Gasteiger partial charge in [0.1, 0.15) is 0 Å². The Morgan fingerprint density at radius 1 is 0.880 bits per heavy atom. The lowest BCUT2D eigenvalue weighted by Crippen LogP contribution is -2.26. The van der Waals surface area contributed by atoms with E-state index in [4.69, 9.17) is 5.11 Å². The second-order valence-corrected chi connectivity index (χ2v) is 7.54. The maximum absolute atomic E-state index is 12.9. The molecule has 1 fully saturated rings. The molecule has 0 aromatic heterocycles. The molecule has 1 saturated carbocycles. The lowest BCUT2D eigenvalue weighted by molar-refractivity contribution is -0.143. The van der Waals surface area contributed by atoms with Gasteiger partial charge in [-0.2, -0.15) is 0 Å². The van der Waals surface area contributed by atoms with E-state index in [1.165, 1.54) is 5.56 Å². The van der Waals surface area contributed by atoms with Gasteiger partial charge in [0.15, 0.2) is 5.78 Å². The van der Waals surface area contributed by atoms with Crippen molar-refractivity contribution in [3.63, 3.8) is 0 Å². The molecule has 0 saturated heterocycles. The summed E-state index contributed by atoms with van der Waals surface area (Å²) in [6.07, 6.45) is 2.55. The third-order valence-electron chi connectivity index (χ3n) is 4.84. The second kappa shape index (κ2) is 8.34. The molecule has 0 spiro atoms. The zero-order valence-electron chi connectivity index (χ0n) is 14.1. The smallest absolute Gasteiger partial charge is 0.306 e. The van der Waals surface area contributed by atoms with Crippen molar-refractivity contribution in [3.05, 3.63) is 65.7 Å². The van der Waals surface area contributed by atoms with E-state index < -0.39 is 5.97 Å². The van der Waals surface area contributed by atoms with Crippen LogP contribution < -0.4 is 0 Å².